The van der Waals surface area contributed by atoms with E-state index < -0.39 is 0 Å². The van der Waals surface area contributed by atoms with E-state index >= 15 is 0 Å². The van der Waals surface area contributed by atoms with E-state index in [2.05, 4.69) is 29.0 Å². The summed E-state index contributed by atoms with van der Waals surface area (Å²) >= 11 is 1.88. The van der Waals surface area contributed by atoms with E-state index in [0.29, 0.717) is 0 Å². The van der Waals surface area contributed by atoms with Crippen molar-refractivity contribution in [2.45, 2.75) is 46.2 Å². The molecule has 17 heavy (non-hydrogen) atoms. The molecular weight excluding hydrogens is 230 g/mol. The molecule has 2 heterocycles. The summed E-state index contributed by atoms with van der Waals surface area (Å²) in [5, 5.41) is 4.75. The maximum atomic E-state index is 4.69. The molecule has 0 atom stereocenters. The minimum absolute atomic E-state index is 0.983. The Kier molecular flexibility index (Phi) is 4.95. The maximum absolute atomic E-state index is 4.69. The molecule has 0 amide bonds. The van der Waals surface area contributed by atoms with Crippen molar-refractivity contribution in [1.29, 1.82) is 0 Å². The van der Waals surface area contributed by atoms with Gasteiger partial charge in [0.05, 0.1) is 12.2 Å². The number of nitrogens with zero attached hydrogens (tertiary/aromatic N) is 2. The van der Waals surface area contributed by atoms with Crippen molar-refractivity contribution < 1.29 is 0 Å². The largest absolute Gasteiger partial charge is 0.312 e. The molecule has 0 aliphatic carbocycles. The van der Waals surface area contributed by atoms with Crippen LogP contribution in [-0.4, -0.2) is 29.5 Å². The molecule has 0 aromatic carbocycles. The molecule has 0 spiro atoms. The molecule has 1 aliphatic rings. The first-order valence-electron chi connectivity index (χ1n) is 6.68. The van der Waals surface area contributed by atoms with Crippen LogP contribution < -0.4 is 5.32 Å². The van der Waals surface area contributed by atoms with Gasteiger partial charge in [-0.05, 0) is 45.8 Å². The van der Waals surface area contributed by atoms with Crippen molar-refractivity contribution in [3.63, 3.8) is 0 Å². The molecule has 1 aromatic rings. The van der Waals surface area contributed by atoms with Gasteiger partial charge in [-0.25, -0.2) is 4.98 Å². The highest BCUT2D eigenvalue weighted by Crippen LogP contribution is 2.21. The predicted octanol–water partition coefficient (Wildman–Crippen LogP) is 2.55. The monoisotopic (exact) mass is 253 g/mol. The fraction of sp³-hybridized carbons (Fsp3) is 0.769. The second-order valence-corrected chi connectivity index (χ2v) is 5.94. The first kappa shape index (κ1) is 13.0. The molecule has 1 saturated heterocycles. The number of rotatable bonds is 6. The van der Waals surface area contributed by atoms with E-state index in [1.165, 1.54) is 47.9 Å². The fourth-order valence-electron chi connectivity index (χ4n) is 2.23. The second kappa shape index (κ2) is 6.47. The zero-order valence-electron chi connectivity index (χ0n) is 11.0. The molecular formula is C13H23N3S. The Balaban J connectivity index is 1.88. The topological polar surface area (TPSA) is 28.2 Å². The zero-order valence-corrected chi connectivity index (χ0v) is 11.8. The smallest absolute Gasteiger partial charge is 0.107 e. The van der Waals surface area contributed by atoms with Gasteiger partial charge in [-0.2, -0.15) is 0 Å². The highest BCUT2D eigenvalue weighted by atomic mass is 32.1. The lowest BCUT2D eigenvalue weighted by molar-refractivity contribution is 0.330. The van der Waals surface area contributed by atoms with Crippen LogP contribution in [0.15, 0.2) is 0 Å². The third-order valence-corrected chi connectivity index (χ3v) is 4.35. The number of aromatic nitrogens is 1. The van der Waals surface area contributed by atoms with Gasteiger partial charge in [0, 0.05) is 11.4 Å². The molecule has 0 unspecified atom stereocenters. The van der Waals surface area contributed by atoms with Crippen LogP contribution in [0.4, 0.5) is 0 Å². The molecule has 1 aromatic heterocycles. The number of hydrogen-bond acceptors (Lipinski definition) is 4. The summed E-state index contributed by atoms with van der Waals surface area (Å²) in [6.07, 6.45) is 3.91. The van der Waals surface area contributed by atoms with Gasteiger partial charge in [-0.15, -0.1) is 11.3 Å². The first-order chi connectivity index (χ1) is 8.29. The van der Waals surface area contributed by atoms with Crippen molar-refractivity contribution in [2.24, 2.45) is 0 Å². The van der Waals surface area contributed by atoms with Gasteiger partial charge in [-0.3, -0.25) is 4.90 Å². The molecule has 1 aliphatic heterocycles. The summed E-state index contributed by atoms with van der Waals surface area (Å²) in [5.41, 5.74) is 1.22. The Hall–Kier alpha value is -0.450. The molecule has 1 fully saturated rings. The van der Waals surface area contributed by atoms with Crippen molar-refractivity contribution >= 4 is 11.3 Å². The van der Waals surface area contributed by atoms with Crippen LogP contribution in [0.3, 0.4) is 0 Å². The van der Waals surface area contributed by atoms with E-state index in [1.54, 1.807) is 0 Å². The zero-order chi connectivity index (χ0) is 12.1. The summed E-state index contributed by atoms with van der Waals surface area (Å²) in [5.74, 6) is 0. The van der Waals surface area contributed by atoms with Crippen molar-refractivity contribution in [3.05, 3.63) is 15.6 Å². The van der Waals surface area contributed by atoms with Crippen molar-refractivity contribution in [2.75, 3.05) is 19.6 Å². The average molecular weight is 253 g/mol. The van der Waals surface area contributed by atoms with E-state index in [-0.39, 0.29) is 0 Å². The highest BCUT2D eigenvalue weighted by molar-refractivity contribution is 7.11. The van der Waals surface area contributed by atoms with E-state index in [9.17, 15) is 0 Å². The number of thiazole rings is 1. The number of hydrogen-bond donors (Lipinski definition) is 1. The summed E-state index contributed by atoms with van der Waals surface area (Å²) < 4.78 is 0. The number of nitrogens with one attached hydrogen (secondary N) is 1. The van der Waals surface area contributed by atoms with Gasteiger partial charge in [0.25, 0.3) is 0 Å². The van der Waals surface area contributed by atoms with Crippen LogP contribution in [0.25, 0.3) is 0 Å². The number of aryl methyl sites for hydroxylation is 1. The molecule has 0 radical (unpaired) electrons. The van der Waals surface area contributed by atoms with Crippen molar-refractivity contribution in [1.82, 2.24) is 15.2 Å². The Labute approximate surface area is 108 Å². The molecule has 4 heteroatoms. The van der Waals surface area contributed by atoms with Gasteiger partial charge in [0.15, 0.2) is 0 Å². The number of likely N-dealkylation sites (tertiary alicyclic amines) is 1. The highest BCUT2D eigenvalue weighted by Gasteiger charge is 2.14. The summed E-state index contributed by atoms with van der Waals surface area (Å²) in [6.45, 7) is 9.97. The SMILES string of the molecule is CCCNCc1sc(CN2CCCC2)nc1C. The summed E-state index contributed by atoms with van der Waals surface area (Å²) in [6, 6.07) is 0. The molecule has 3 nitrogen and oxygen atoms in total. The van der Waals surface area contributed by atoms with Gasteiger partial charge in [0.1, 0.15) is 5.01 Å². The van der Waals surface area contributed by atoms with Crippen molar-refractivity contribution in [3.8, 4) is 0 Å². The lowest BCUT2D eigenvalue weighted by Crippen LogP contribution is -2.18. The first-order valence-corrected chi connectivity index (χ1v) is 7.49. The summed E-state index contributed by atoms with van der Waals surface area (Å²) in [4.78, 5) is 8.61. The average Bonchev–Trinajstić information content (AvgIpc) is 2.91. The van der Waals surface area contributed by atoms with E-state index in [1.807, 2.05) is 11.3 Å². The third kappa shape index (κ3) is 3.76. The Morgan fingerprint density at radius 2 is 2.12 bits per heavy atom. The van der Waals surface area contributed by atoms with Crippen LogP contribution >= 0.6 is 11.3 Å². The van der Waals surface area contributed by atoms with Gasteiger partial charge >= 0.3 is 0 Å². The fourth-order valence-corrected chi connectivity index (χ4v) is 3.31. The maximum Gasteiger partial charge on any atom is 0.107 e. The van der Waals surface area contributed by atoms with Gasteiger partial charge in [-0.1, -0.05) is 6.92 Å². The minimum Gasteiger partial charge on any atom is -0.312 e. The minimum atomic E-state index is 0.983. The molecule has 1 N–H and O–H groups in total. The molecule has 96 valence electrons. The van der Waals surface area contributed by atoms with Crippen LogP contribution in [0.5, 0.6) is 0 Å². The quantitative estimate of drug-likeness (QED) is 0.790. The van der Waals surface area contributed by atoms with Crippen LogP contribution in [0.1, 0.15) is 41.8 Å². The lowest BCUT2D eigenvalue weighted by Gasteiger charge is -2.11. The van der Waals surface area contributed by atoms with Gasteiger partial charge in [0.2, 0.25) is 0 Å². The lowest BCUT2D eigenvalue weighted by atomic mass is 10.4. The standard InChI is InChI=1S/C13H23N3S/c1-3-6-14-9-12-11(2)15-13(17-12)10-16-7-4-5-8-16/h14H,3-10H2,1-2H3. The Bertz CT molecular complexity index is 342. The molecule has 2 rings (SSSR count). The summed E-state index contributed by atoms with van der Waals surface area (Å²) in [7, 11) is 0. The predicted molar refractivity (Wildman–Crippen MR) is 73.4 cm³/mol. The Morgan fingerprint density at radius 1 is 1.35 bits per heavy atom. The van der Waals surface area contributed by atoms with Crippen LogP contribution in [0.2, 0.25) is 0 Å². The van der Waals surface area contributed by atoms with E-state index in [0.717, 1.165) is 19.6 Å². The molecule has 0 bridgehead atoms. The third-order valence-electron chi connectivity index (χ3n) is 3.21. The van der Waals surface area contributed by atoms with Crippen LogP contribution in [-0.2, 0) is 13.1 Å². The van der Waals surface area contributed by atoms with E-state index in [4.69, 9.17) is 0 Å². The van der Waals surface area contributed by atoms with Gasteiger partial charge < -0.3 is 5.32 Å². The second-order valence-electron chi connectivity index (χ2n) is 4.78. The normalized spacial score (nSPS) is 16.8. The Morgan fingerprint density at radius 3 is 2.82 bits per heavy atom. The molecule has 0 saturated carbocycles. The van der Waals surface area contributed by atoms with Crippen LogP contribution in [0, 0.1) is 6.92 Å².